The fourth-order valence-corrected chi connectivity index (χ4v) is 5.11. The Labute approximate surface area is 160 Å². The lowest BCUT2D eigenvalue weighted by Gasteiger charge is -2.35. The second-order valence-corrected chi connectivity index (χ2v) is 8.72. The SMILES string of the molecule is COCC1(C(=O)Nc2cccc(N3CCCS3(=O)=O)c2)CCNCC1.Cl. The quantitative estimate of drug-likeness (QED) is 0.779. The monoisotopic (exact) mass is 403 g/mol. The lowest BCUT2D eigenvalue weighted by atomic mass is 9.78. The number of nitrogens with zero attached hydrogens (tertiary/aromatic N) is 1. The van der Waals surface area contributed by atoms with E-state index in [2.05, 4.69) is 10.6 Å². The molecule has 0 atom stereocenters. The van der Waals surface area contributed by atoms with Crippen LogP contribution in [0.3, 0.4) is 0 Å². The van der Waals surface area contributed by atoms with Crippen molar-refractivity contribution in [2.75, 3.05) is 48.7 Å². The maximum absolute atomic E-state index is 12.9. The molecule has 1 aromatic rings. The molecule has 0 aliphatic carbocycles. The summed E-state index contributed by atoms with van der Waals surface area (Å²) < 4.78 is 30.9. The van der Waals surface area contributed by atoms with Gasteiger partial charge in [-0.05, 0) is 50.6 Å². The van der Waals surface area contributed by atoms with E-state index in [0.29, 0.717) is 43.8 Å². The van der Waals surface area contributed by atoms with E-state index in [-0.39, 0.29) is 24.1 Å². The van der Waals surface area contributed by atoms with Gasteiger partial charge in [-0.25, -0.2) is 8.42 Å². The number of piperidine rings is 1. The van der Waals surface area contributed by atoms with E-state index in [4.69, 9.17) is 4.74 Å². The van der Waals surface area contributed by atoms with Crippen molar-refractivity contribution < 1.29 is 17.9 Å². The first-order valence-corrected chi connectivity index (χ1v) is 10.2. The topological polar surface area (TPSA) is 87.7 Å². The molecular weight excluding hydrogens is 378 g/mol. The van der Waals surface area contributed by atoms with E-state index >= 15 is 0 Å². The molecule has 2 aliphatic rings. The maximum atomic E-state index is 12.9. The first-order valence-electron chi connectivity index (χ1n) is 8.58. The van der Waals surface area contributed by atoms with Crippen molar-refractivity contribution in [3.8, 4) is 0 Å². The zero-order valence-electron chi connectivity index (χ0n) is 14.9. The number of methoxy groups -OCH3 is 1. The lowest BCUT2D eigenvalue weighted by Crippen LogP contribution is -2.47. The summed E-state index contributed by atoms with van der Waals surface area (Å²) in [5, 5.41) is 6.22. The van der Waals surface area contributed by atoms with Crippen LogP contribution in [0.5, 0.6) is 0 Å². The Balaban J connectivity index is 0.00000243. The summed E-state index contributed by atoms with van der Waals surface area (Å²) >= 11 is 0. The molecule has 0 unspecified atom stereocenters. The number of hydrogen-bond donors (Lipinski definition) is 2. The zero-order valence-corrected chi connectivity index (χ0v) is 16.5. The summed E-state index contributed by atoms with van der Waals surface area (Å²) in [6.45, 7) is 2.42. The Morgan fingerprint density at radius 2 is 2.08 bits per heavy atom. The van der Waals surface area contributed by atoms with Gasteiger partial charge in [-0.15, -0.1) is 12.4 Å². The Morgan fingerprint density at radius 1 is 1.35 bits per heavy atom. The molecule has 3 rings (SSSR count). The highest BCUT2D eigenvalue weighted by Crippen LogP contribution is 2.32. The van der Waals surface area contributed by atoms with E-state index in [9.17, 15) is 13.2 Å². The van der Waals surface area contributed by atoms with E-state index in [1.54, 1.807) is 31.4 Å². The van der Waals surface area contributed by atoms with Crippen molar-refractivity contribution in [3.05, 3.63) is 24.3 Å². The minimum atomic E-state index is -3.23. The fourth-order valence-electron chi connectivity index (χ4n) is 3.55. The minimum absolute atomic E-state index is 0. The van der Waals surface area contributed by atoms with Crippen LogP contribution < -0.4 is 14.9 Å². The minimum Gasteiger partial charge on any atom is -0.384 e. The number of sulfonamides is 1. The van der Waals surface area contributed by atoms with E-state index in [1.165, 1.54) is 4.31 Å². The molecule has 0 saturated carbocycles. The van der Waals surface area contributed by atoms with E-state index < -0.39 is 15.4 Å². The summed E-state index contributed by atoms with van der Waals surface area (Å²) in [5.74, 6) is 0.102. The average molecular weight is 404 g/mol. The molecule has 1 aromatic carbocycles. The van der Waals surface area contributed by atoms with Gasteiger partial charge >= 0.3 is 0 Å². The molecule has 0 aromatic heterocycles. The molecule has 1 amide bonds. The molecule has 2 saturated heterocycles. The van der Waals surface area contributed by atoms with Crippen LogP contribution in [-0.2, 0) is 19.6 Å². The lowest BCUT2D eigenvalue weighted by molar-refractivity contribution is -0.130. The van der Waals surface area contributed by atoms with Crippen molar-refractivity contribution in [3.63, 3.8) is 0 Å². The number of carbonyl (C=O) groups is 1. The standard InChI is InChI=1S/C17H25N3O4S.ClH/c1-24-13-17(6-8-18-9-7-17)16(21)19-14-4-2-5-15(12-14)20-10-3-11-25(20,22)23;/h2,4-5,12,18H,3,6-11,13H2,1H3,(H,19,21);1H. The van der Waals surface area contributed by atoms with Gasteiger partial charge in [0.1, 0.15) is 0 Å². The third kappa shape index (κ3) is 4.31. The van der Waals surface area contributed by atoms with Crippen LogP contribution in [0.1, 0.15) is 19.3 Å². The van der Waals surface area contributed by atoms with Crippen molar-refractivity contribution in [2.45, 2.75) is 19.3 Å². The van der Waals surface area contributed by atoms with Crippen LogP contribution >= 0.6 is 12.4 Å². The first-order chi connectivity index (χ1) is 12.0. The maximum Gasteiger partial charge on any atom is 0.235 e. The highest BCUT2D eigenvalue weighted by molar-refractivity contribution is 7.93. The van der Waals surface area contributed by atoms with Crippen LogP contribution in [0.25, 0.3) is 0 Å². The van der Waals surface area contributed by atoms with Crippen LogP contribution in [0, 0.1) is 5.41 Å². The number of ether oxygens (including phenoxy) is 1. The molecule has 2 fully saturated rings. The number of carbonyl (C=O) groups excluding carboxylic acids is 1. The third-order valence-corrected chi connectivity index (χ3v) is 6.82. The third-order valence-electron chi connectivity index (χ3n) is 4.95. The highest BCUT2D eigenvalue weighted by Gasteiger charge is 2.39. The van der Waals surface area contributed by atoms with Crippen molar-refractivity contribution in [2.24, 2.45) is 5.41 Å². The fraction of sp³-hybridized carbons (Fsp3) is 0.588. The largest absolute Gasteiger partial charge is 0.384 e. The number of nitrogens with one attached hydrogen (secondary N) is 2. The van der Waals surface area contributed by atoms with Gasteiger partial charge in [-0.2, -0.15) is 0 Å². The number of anilines is 2. The van der Waals surface area contributed by atoms with Crippen LogP contribution in [0.2, 0.25) is 0 Å². The van der Waals surface area contributed by atoms with Crippen molar-refractivity contribution in [1.29, 1.82) is 0 Å². The number of hydrogen-bond acceptors (Lipinski definition) is 5. The van der Waals surface area contributed by atoms with Crippen LogP contribution in [0.4, 0.5) is 11.4 Å². The molecule has 2 heterocycles. The summed E-state index contributed by atoms with van der Waals surface area (Å²) in [6, 6.07) is 7.03. The molecule has 26 heavy (non-hydrogen) atoms. The number of benzene rings is 1. The number of amides is 1. The summed E-state index contributed by atoms with van der Waals surface area (Å²) in [5.41, 5.74) is 0.662. The molecule has 7 nitrogen and oxygen atoms in total. The van der Waals surface area contributed by atoms with Gasteiger partial charge in [0.2, 0.25) is 15.9 Å². The molecule has 2 aliphatic heterocycles. The van der Waals surface area contributed by atoms with E-state index in [0.717, 1.165) is 13.1 Å². The first kappa shape index (κ1) is 21.0. The zero-order chi connectivity index (χ0) is 17.9. The van der Waals surface area contributed by atoms with Crippen molar-refractivity contribution in [1.82, 2.24) is 5.32 Å². The van der Waals surface area contributed by atoms with Gasteiger partial charge in [0.05, 0.1) is 23.5 Å². The second-order valence-electron chi connectivity index (χ2n) is 6.71. The van der Waals surface area contributed by atoms with Crippen LogP contribution in [-0.4, -0.2) is 53.4 Å². The second kappa shape index (κ2) is 8.56. The molecule has 9 heteroatoms. The number of rotatable bonds is 5. The van der Waals surface area contributed by atoms with Gasteiger partial charge < -0.3 is 15.4 Å². The predicted octanol–water partition coefficient (Wildman–Crippen LogP) is 1.60. The van der Waals surface area contributed by atoms with Crippen LogP contribution in [0.15, 0.2) is 24.3 Å². The van der Waals surface area contributed by atoms with Crippen molar-refractivity contribution >= 4 is 39.7 Å². The van der Waals surface area contributed by atoms with Gasteiger partial charge in [0, 0.05) is 19.3 Å². The summed E-state index contributed by atoms with van der Waals surface area (Å²) in [4.78, 5) is 12.9. The average Bonchev–Trinajstić information content (AvgIpc) is 2.95. The Morgan fingerprint density at radius 3 is 2.69 bits per heavy atom. The van der Waals surface area contributed by atoms with E-state index in [1.807, 2.05) is 0 Å². The summed E-state index contributed by atoms with van der Waals surface area (Å²) in [6.07, 6.45) is 2.06. The van der Waals surface area contributed by atoms with Gasteiger partial charge in [0.15, 0.2) is 0 Å². The predicted molar refractivity (Wildman–Crippen MR) is 104 cm³/mol. The Hall–Kier alpha value is -1.35. The smallest absolute Gasteiger partial charge is 0.235 e. The van der Waals surface area contributed by atoms with Gasteiger partial charge in [-0.1, -0.05) is 6.07 Å². The molecular formula is C17H26ClN3O4S. The molecule has 0 spiro atoms. The highest BCUT2D eigenvalue weighted by atomic mass is 35.5. The van der Waals surface area contributed by atoms with Gasteiger partial charge in [0.25, 0.3) is 0 Å². The molecule has 0 radical (unpaired) electrons. The summed E-state index contributed by atoms with van der Waals surface area (Å²) in [7, 11) is -1.63. The Kier molecular flexibility index (Phi) is 6.90. The molecule has 2 N–H and O–H groups in total. The normalized spacial score (nSPS) is 21.0. The molecule has 0 bridgehead atoms. The Bertz CT molecular complexity index is 730. The number of halogens is 1. The van der Waals surface area contributed by atoms with Gasteiger partial charge in [-0.3, -0.25) is 9.10 Å². The molecule has 146 valence electrons.